The molecule has 3 aromatic rings. The van der Waals surface area contributed by atoms with E-state index in [1.807, 2.05) is 23.9 Å². The molecule has 4 nitrogen and oxygen atoms in total. The molecule has 0 amide bonds. The Morgan fingerprint density at radius 1 is 1.40 bits per heavy atom. The van der Waals surface area contributed by atoms with E-state index in [9.17, 15) is 0 Å². The monoisotopic (exact) mass is 216 g/mol. The fourth-order valence-corrected chi connectivity index (χ4v) is 2.31. The molecule has 5 heteroatoms. The summed E-state index contributed by atoms with van der Waals surface area (Å²) in [4.78, 5) is 12.8. The van der Waals surface area contributed by atoms with Crippen molar-refractivity contribution in [1.29, 1.82) is 0 Å². The summed E-state index contributed by atoms with van der Waals surface area (Å²) in [5.74, 6) is 0. The minimum Gasteiger partial charge on any atom is -0.340 e. The number of imidazole rings is 1. The zero-order chi connectivity index (χ0) is 10.3. The first-order valence-corrected chi connectivity index (χ1v) is 5.33. The average Bonchev–Trinajstić information content (AvgIpc) is 2.82. The van der Waals surface area contributed by atoms with Gasteiger partial charge >= 0.3 is 0 Å². The molecular weight excluding hydrogens is 208 g/mol. The summed E-state index contributed by atoms with van der Waals surface area (Å²) >= 11 is 1.64. The molecule has 3 rings (SSSR count). The van der Waals surface area contributed by atoms with Gasteiger partial charge in [-0.15, -0.1) is 11.3 Å². The van der Waals surface area contributed by atoms with Crippen molar-refractivity contribution in [2.75, 3.05) is 0 Å². The third kappa shape index (κ3) is 1.41. The van der Waals surface area contributed by atoms with E-state index in [4.69, 9.17) is 0 Å². The van der Waals surface area contributed by atoms with Crippen LogP contribution < -0.4 is 0 Å². The molecule has 0 saturated heterocycles. The molecule has 0 atom stereocenters. The number of aryl methyl sites for hydroxylation is 1. The smallest absolute Gasteiger partial charge is 0.144 e. The van der Waals surface area contributed by atoms with Crippen molar-refractivity contribution in [2.45, 2.75) is 0 Å². The summed E-state index contributed by atoms with van der Waals surface area (Å²) < 4.78 is 3.06. The summed E-state index contributed by atoms with van der Waals surface area (Å²) in [6.07, 6.45) is 7.30. The molecule has 0 aromatic carbocycles. The number of fused-ring (bicyclic) bond motifs is 1. The number of thiazole rings is 1. The molecule has 0 saturated carbocycles. The fourth-order valence-electron chi connectivity index (χ4n) is 1.41. The number of pyridine rings is 1. The van der Waals surface area contributed by atoms with Crippen LogP contribution in [0.15, 0.2) is 31.0 Å². The molecule has 0 aliphatic heterocycles. The van der Waals surface area contributed by atoms with Gasteiger partial charge in [0.25, 0.3) is 0 Å². The molecule has 0 N–H and O–H groups in total. The van der Waals surface area contributed by atoms with Crippen molar-refractivity contribution in [3.8, 4) is 10.7 Å². The van der Waals surface area contributed by atoms with Crippen LogP contribution in [0.25, 0.3) is 20.9 Å². The molecule has 0 fully saturated rings. The van der Waals surface area contributed by atoms with Crippen LogP contribution in [0.4, 0.5) is 0 Å². The highest BCUT2D eigenvalue weighted by Crippen LogP contribution is 2.27. The lowest BCUT2D eigenvalue weighted by Gasteiger charge is -1.84. The fraction of sp³-hybridized carbons (Fsp3) is 0.100. The molecular formula is C10H8N4S. The number of aromatic nitrogens is 4. The summed E-state index contributed by atoms with van der Waals surface area (Å²) in [6, 6.07) is 1.97. The first-order chi connectivity index (χ1) is 7.33. The molecule has 74 valence electrons. The quantitative estimate of drug-likeness (QED) is 0.625. The van der Waals surface area contributed by atoms with Gasteiger partial charge < -0.3 is 4.57 Å². The summed E-state index contributed by atoms with van der Waals surface area (Å²) in [5.41, 5.74) is 1.85. The van der Waals surface area contributed by atoms with Crippen molar-refractivity contribution >= 4 is 21.6 Å². The lowest BCUT2D eigenvalue weighted by atomic mass is 10.4. The lowest BCUT2D eigenvalue weighted by Crippen LogP contribution is -1.78. The van der Waals surface area contributed by atoms with Crippen LogP contribution in [0.1, 0.15) is 0 Å². The number of hydrogen-bond donors (Lipinski definition) is 0. The number of hydrogen-bond acceptors (Lipinski definition) is 4. The molecule has 15 heavy (non-hydrogen) atoms. The van der Waals surface area contributed by atoms with E-state index in [2.05, 4.69) is 15.0 Å². The Kier molecular flexibility index (Phi) is 1.78. The van der Waals surface area contributed by atoms with Gasteiger partial charge in [-0.3, -0.25) is 4.98 Å². The van der Waals surface area contributed by atoms with Gasteiger partial charge in [0.2, 0.25) is 0 Å². The molecule has 0 unspecified atom stereocenters. The van der Waals surface area contributed by atoms with E-state index in [1.165, 1.54) is 0 Å². The third-order valence-electron chi connectivity index (χ3n) is 2.11. The first-order valence-electron chi connectivity index (χ1n) is 4.52. The molecule has 0 radical (unpaired) electrons. The first kappa shape index (κ1) is 8.55. The van der Waals surface area contributed by atoms with E-state index >= 15 is 0 Å². The van der Waals surface area contributed by atoms with Crippen LogP contribution in [-0.2, 0) is 7.05 Å². The minimum atomic E-state index is 0.915. The van der Waals surface area contributed by atoms with Gasteiger partial charge in [0.05, 0.1) is 17.2 Å². The SMILES string of the molecule is Cn1cnc(-c2nc3cnccc3s2)c1. The summed E-state index contributed by atoms with van der Waals surface area (Å²) in [5, 5.41) is 0.943. The number of rotatable bonds is 1. The molecule has 3 heterocycles. The van der Waals surface area contributed by atoms with Crippen molar-refractivity contribution in [3.05, 3.63) is 31.0 Å². The standard InChI is InChI=1S/C10H8N4S/c1-14-5-8(12-6-14)10-13-7-4-11-3-2-9(7)15-10/h2-6H,1H3. The van der Waals surface area contributed by atoms with Crippen molar-refractivity contribution in [3.63, 3.8) is 0 Å². The van der Waals surface area contributed by atoms with Crippen LogP contribution in [0.3, 0.4) is 0 Å². The van der Waals surface area contributed by atoms with Gasteiger partial charge in [-0.1, -0.05) is 0 Å². The maximum Gasteiger partial charge on any atom is 0.144 e. The molecule has 0 aliphatic rings. The van der Waals surface area contributed by atoms with Gasteiger partial charge in [-0.2, -0.15) is 0 Å². The van der Waals surface area contributed by atoms with E-state index in [-0.39, 0.29) is 0 Å². The third-order valence-corrected chi connectivity index (χ3v) is 3.17. The molecule has 0 spiro atoms. The van der Waals surface area contributed by atoms with Crippen LogP contribution in [0, 0.1) is 0 Å². The molecule has 0 aliphatic carbocycles. The Labute approximate surface area is 90.3 Å². The normalized spacial score (nSPS) is 11.0. The van der Waals surface area contributed by atoms with Gasteiger partial charge in [-0.05, 0) is 6.07 Å². The average molecular weight is 216 g/mol. The Balaban J connectivity index is 2.19. The highest BCUT2D eigenvalue weighted by molar-refractivity contribution is 7.21. The molecule has 3 aromatic heterocycles. The van der Waals surface area contributed by atoms with Crippen molar-refractivity contribution in [2.24, 2.45) is 7.05 Å². The van der Waals surface area contributed by atoms with E-state index in [1.54, 1.807) is 30.1 Å². The zero-order valence-corrected chi connectivity index (χ0v) is 8.90. The van der Waals surface area contributed by atoms with Gasteiger partial charge in [0.1, 0.15) is 16.2 Å². The lowest BCUT2D eigenvalue weighted by molar-refractivity contribution is 0.913. The Morgan fingerprint density at radius 2 is 2.33 bits per heavy atom. The highest BCUT2D eigenvalue weighted by atomic mass is 32.1. The second kappa shape index (κ2) is 3.13. The summed E-state index contributed by atoms with van der Waals surface area (Å²) in [6.45, 7) is 0. The van der Waals surface area contributed by atoms with E-state index in [0.29, 0.717) is 0 Å². The minimum absolute atomic E-state index is 0.915. The van der Waals surface area contributed by atoms with Crippen LogP contribution >= 0.6 is 11.3 Å². The zero-order valence-electron chi connectivity index (χ0n) is 8.08. The van der Waals surface area contributed by atoms with Crippen molar-refractivity contribution in [1.82, 2.24) is 19.5 Å². The van der Waals surface area contributed by atoms with E-state index in [0.717, 1.165) is 20.9 Å². The van der Waals surface area contributed by atoms with Crippen LogP contribution in [0.2, 0.25) is 0 Å². The largest absolute Gasteiger partial charge is 0.340 e. The maximum absolute atomic E-state index is 4.48. The van der Waals surface area contributed by atoms with Crippen LogP contribution in [0.5, 0.6) is 0 Å². The topological polar surface area (TPSA) is 43.6 Å². The second-order valence-electron chi connectivity index (χ2n) is 3.29. The maximum atomic E-state index is 4.48. The van der Waals surface area contributed by atoms with E-state index < -0.39 is 0 Å². The Bertz CT molecular complexity index is 577. The Morgan fingerprint density at radius 3 is 3.07 bits per heavy atom. The van der Waals surface area contributed by atoms with Gasteiger partial charge in [0.15, 0.2) is 0 Å². The highest BCUT2D eigenvalue weighted by Gasteiger charge is 2.07. The van der Waals surface area contributed by atoms with Crippen molar-refractivity contribution < 1.29 is 0 Å². The molecule has 0 bridgehead atoms. The summed E-state index contributed by atoms with van der Waals surface area (Å²) in [7, 11) is 1.95. The van der Waals surface area contributed by atoms with Gasteiger partial charge in [-0.25, -0.2) is 9.97 Å². The predicted molar refractivity (Wildman–Crippen MR) is 59.6 cm³/mol. The van der Waals surface area contributed by atoms with Crippen LogP contribution in [-0.4, -0.2) is 19.5 Å². The Hall–Kier alpha value is -1.75. The predicted octanol–water partition coefficient (Wildman–Crippen LogP) is 2.09. The second-order valence-corrected chi connectivity index (χ2v) is 4.32. The number of nitrogens with zero attached hydrogens (tertiary/aromatic N) is 4. The van der Waals surface area contributed by atoms with Gasteiger partial charge in [0, 0.05) is 19.4 Å².